The van der Waals surface area contributed by atoms with Crippen LogP contribution in [0.2, 0.25) is 0 Å². The minimum atomic E-state index is -3.14. The Kier molecular flexibility index (Phi) is 5.96. The maximum atomic E-state index is 12.1. The molecule has 8 heteroatoms. The summed E-state index contributed by atoms with van der Waals surface area (Å²) in [5.74, 6) is -0.0197. The third-order valence-electron chi connectivity index (χ3n) is 3.73. The lowest BCUT2D eigenvalue weighted by Gasteiger charge is -2.21. The van der Waals surface area contributed by atoms with Gasteiger partial charge in [0, 0.05) is 24.5 Å². The summed E-state index contributed by atoms with van der Waals surface area (Å²) < 4.78 is 24.6. The Labute approximate surface area is 136 Å². The summed E-state index contributed by atoms with van der Waals surface area (Å²) in [5.41, 5.74) is 0. The van der Waals surface area contributed by atoms with Crippen molar-refractivity contribution in [1.29, 1.82) is 0 Å². The SMILES string of the molecule is C[C@@H](NC(=O)CN1CCCN(S(C)(=O)=O)CC1)c1cccs1. The minimum Gasteiger partial charge on any atom is -0.348 e. The maximum Gasteiger partial charge on any atom is 0.234 e. The molecule has 0 radical (unpaired) electrons. The first-order valence-corrected chi connectivity index (χ1v) is 10.1. The first kappa shape index (κ1) is 17.4. The first-order valence-electron chi connectivity index (χ1n) is 7.36. The number of nitrogens with zero attached hydrogens (tertiary/aromatic N) is 2. The van der Waals surface area contributed by atoms with Gasteiger partial charge in [-0.1, -0.05) is 6.07 Å². The number of hydrogen-bond acceptors (Lipinski definition) is 5. The maximum absolute atomic E-state index is 12.1. The summed E-state index contributed by atoms with van der Waals surface area (Å²) in [5, 5.41) is 4.98. The van der Waals surface area contributed by atoms with E-state index >= 15 is 0 Å². The molecule has 2 rings (SSSR count). The molecule has 0 spiro atoms. The highest BCUT2D eigenvalue weighted by molar-refractivity contribution is 7.88. The molecule has 1 N–H and O–H groups in total. The fourth-order valence-corrected chi connectivity index (χ4v) is 4.14. The second kappa shape index (κ2) is 7.54. The van der Waals surface area contributed by atoms with Gasteiger partial charge in [0.15, 0.2) is 0 Å². The van der Waals surface area contributed by atoms with Gasteiger partial charge in [0.2, 0.25) is 15.9 Å². The molecule has 124 valence electrons. The average Bonchev–Trinajstić information content (AvgIpc) is 2.85. The Morgan fingerprint density at radius 3 is 2.77 bits per heavy atom. The van der Waals surface area contributed by atoms with E-state index in [1.807, 2.05) is 29.3 Å². The zero-order valence-electron chi connectivity index (χ0n) is 13.0. The van der Waals surface area contributed by atoms with Crippen LogP contribution in [0.1, 0.15) is 24.3 Å². The van der Waals surface area contributed by atoms with Crippen molar-refractivity contribution in [2.75, 3.05) is 39.0 Å². The van der Waals surface area contributed by atoms with Crippen LogP contribution < -0.4 is 5.32 Å². The van der Waals surface area contributed by atoms with E-state index in [2.05, 4.69) is 5.32 Å². The number of thiophene rings is 1. The van der Waals surface area contributed by atoms with E-state index in [4.69, 9.17) is 0 Å². The van der Waals surface area contributed by atoms with Gasteiger partial charge < -0.3 is 5.32 Å². The number of hydrogen-bond donors (Lipinski definition) is 1. The molecular formula is C14H23N3O3S2. The van der Waals surface area contributed by atoms with E-state index in [-0.39, 0.29) is 11.9 Å². The monoisotopic (exact) mass is 345 g/mol. The fraction of sp³-hybridized carbons (Fsp3) is 0.643. The summed E-state index contributed by atoms with van der Waals surface area (Å²) in [6.07, 6.45) is 1.99. The van der Waals surface area contributed by atoms with Gasteiger partial charge in [-0.2, -0.15) is 0 Å². The summed E-state index contributed by atoms with van der Waals surface area (Å²) in [6, 6.07) is 3.98. The van der Waals surface area contributed by atoms with Gasteiger partial charge in [0.05, 0.1) is 18.8 Å². The Balaban J connectivity index is 1.82. The van der Waals surface area contributed by atoms with Crippen molar-refractivity contribution in [1.82, 2.24) is 14.5 Å². The molecule has 22 heavy (non-hydrogen) atoms. The standard InChI is InChI=1S/C14H23N3O3S2/c1-12(13-5-3-10-21-13)15-14(18)11-16-6-4-7-17(9-8-16)22(2,19)20/h3,5,10,12H,4,6-9,11H2,1-2H3,(H,15,18)/t12-/m1/s1. The predicted molar refractivity (Wildman–Crippen MR) is 88.4 cm³/mol. The van der Waals surface area contributed by atoms with E-state index < -0.39 is 10.0 Å². The molecule has 1 aromatic heterocycles. The molecule has 1 fully saturated rings. The number of rotatable bonds is 5. The number of carbonyl (C=O) groups is 1. The molecule has 2 heterocycles. The summed E-state index contributed by atoms with van der Waals surface area (Å²) >= 11 is 1.62. The molecule has 1 aliphatic rings. The largest absolute Gasteiger partial charge is 0.348 e. The van der Waals surface area contributed by atoms with E-state index in [0.717, 1.165) is 17.8 Å². The van der Waals surface area contributed by atoms with Crippen LogP contribution in [0, 0.1) is 0 Å². The number of sulfonamides is 1. The average molecular weight is 345 g/mol. The lowest BCUT2D eigenvalue weighted by Crippen LogP contribution is -2.40. The molecule has 0 unspecified atom stereocenters. The topological polar surface area (TPSA) is 69.7 Å². The van der Waals surface area contributed by atoms with Crippen molar-refractivity contribution >= 4 is 27.3 Å². The molecule has 1 aromatic rings. The van der Waals surface area contributed by atoms with Crippen LogP contribution in [0.5, 0.6) is 0 Å². The lowest BCUT2D eigenvalue weighted by atomic mass is 10.2. The molecule has 6 nitrogen and oxygen atoms in total. The van der Waals surface area contributed by atoms with Crippen LogP contribution in [0.25, 0.3) is 0 Å². The van der Waals surface area contributed by atoms with Gasteiger partial charge in [-0.25, -0.2) is 12.7 Å². The van der Waals surface area contributed by atoms with Crippen molar-refractivity contribution in [2.24, 2.45) is 0 Å². The highest BCUT2D eigenvalue weighted by atomic mass is 32.2. The quantitative estimate of drug-likeness (QED) is 0.861. The van der Waals surface area contributed by atoms with Crippen molar-refractivity contribution in [3.8, 4) is 0 Å². The van der Waals surface area contributed by atoms with Gasteiger partial charge in [-0.15, -0.1) is 11.3 Å². The zero-order chi connectivity index (χ0) is 16.2. The Hall–Kier alpha value is -0.960. The van der Waals surface area contributed by atoms with E-state index in [9.17, 15) is 13.2 Å². The Morgan fingerprint density at radius 1 is 1.36 bits per heavy atom. The first-order chi connectivity index (χ1) is 10.4. The van der Waals surface area contributed by atoms with Gasteiger partial charge >= 0.3 is 0 Å². The van der Waals surface area contributed by atoms with Crippen molar-refractivity contribution in [2.45, 2.75) is 19.4 Å². The Morgan fingerprint density at radius 2 is 2.14 bits per heavy atom. The van der Waals surface area contributed by atoms with Crippen LogP contribution in [0.15, 0.2) is 17.5 Å². The van der Waals surface area contributed by atoms with E-state index in [1.165, 1.54) is 10.6 Å². The van der Waals surface area contributed by atoms with Crippen LogP contribution in [0.3, 0.4) is 0 Å². The Bertz CT molecular complexity index is 586. The van der Waals surface area contributed by atoms with Crippen LogP contribution in [-0.2, 0) is 14.8 Å². The summed E-state index contributed by atoms with van der Waals surface area (Å²) in [4.78, 5) is 15.3. The third kappa shape index (κ3) is 5.05. The van der Waals surface area contributed by atoms with Gasteiger partial charge in [-0.05, 0) is 31.3 Å². The number of amides is 1. The van der Waals surface area contributed by atoms with Crippen LogP contribution in [-0.4, -0.2) is 62.5 Å². The van der Waals surface area contributed by atoms with E-state index in [1.54, 1.807) is 11.3 Å². The van der Waals surface area contributed by atoms with Gasteiger partial charge in [-0.3, -0.25) is 9.69 Å². The molecule has 1 atom stereocenters. The summed E-state index contributed by atoms with van der Waals surface area (Å²) in [7, 11) is -3.14. The normalized spacial score (nSPS) is 19.5. The van der Waals surface area contributed by atoms with Gasteiger partial charge in [0.25, 0.3) is 0 Å². The summed E-state index contributed by atoms with van der Waals surface area (Å²) in [6.45, 7) is 4.60. The fourth-order valence-electron chi connectivity index (χ4n) is 2.54. The molecule has 0 saturated carbocycles. The smallest absolute Gasteiger partial charge is 0.234 e. The van der Waals surface area contributed by atoms with Crippen LogP contribution in [0.4, 0.5) is 0 Å². The number of nitrogens with one attached hydrogen (secondary N) is 1. The van der Waals surface area contributed by atoms with Crippen molar-refractivity contribution in [3.05, 3.63) is 22.4 Å². The molecular weight excluding hydrogens is 322 g/mol. The highest BCUT2D eigenvalue weighted by Gasteiger charge is 2.22. The molecule has 1 amide bonds. The second-order valence-corrected chi connectivity index (χ2v) is 8.56. The van der Waals surface area contributed by atoms with Crippen LogP contribution >= 0.6 is 11.3 Å². The van der Waals surface area contributed by atoms with E-state index in [0.29, 0.717) is 26.2 Å². The highest BCUT2D eigenvalue weighted by Crippen LogP contribution is 2.18. The zero-order valence-corrected chi connectivity index (χ0v) is 14.6. The van der Waals surface area contributed by atoms with Crippen molar-refractivity contribution < 1.29 is 13.2 Å². The molecule has 0 aliphatic carbocycles. The van der Waals surface area contributed by atoms with Gasteiger partial charge in [0.1, 0.15) is 0 Å². The van der Waals surface area contributed by atoms with Crippen molar-refractivity contribution in [3.63, 3.8) is 0 Å². The number of carbonyl (C=O) groups excluding carboxylic acids is 1. The third-order valence-corrected chi connectivity index (χ3v) is 6.09. The molecule has 0 aromatic carbocycles. The molecule has 0 bridgehead atoms. The minimum absolute atomic E-state index is 0.00648. The second-order valence-electron chi connectivity index (χ2n) is 5.60. The lowest BCUT2D eigenvalue weighted by molar-refractivity contribution is -0.122. The predicted octanol–water partition coefficient (Wildman–Crippen LogP) is 0.893. The molecule has 1 saturated heterocycles. The molecule has 1 aliphatic heterocycles.